The summed E-state index contributed by atoms with van der Waals surface area (Å²) in [6.07, 6.45) is 13.6. The lowest BCUT2D eigenvalue weighted by Gasteiger charge is -2.19. The SMILES string of the molecule is CCCCCCCCCOCCOCCOC(CCOCCOCC(CC)CCCC)COC(=O)c1ccccc1C(=O)O. The number of unbranched alkanes of at least 4 members (excludes halogenated alkanes) is 7. The predicted octanol–water partition coefficient (Wildman–Crippen LogP) is 7.35. The van der Waals surface area contributed by atoms with Gasteiger partial charge in [-0.1, -0.05) is 90.7 Å². The smallest absolute Gasteiger partial charge is 0.339 e. The Bertz CT molecular complexity index is 832. The third-order valence-corrected chi connectivity index (χ3v) is 7.48. The Morgan fingerprint density at radius 3 is 1.91 bits per heavy atom. The number of aromatic carboxylic acids is 1. The van der Waals surface area contributed by atoms with Crippen LogP contribution in [0.25, 0.3) is 0 Å². The topological polar surface area (TPSA) is 110 Å². The van der Waals surface area contributed by atoms with Gasteiger partial charge >= 0.3 is 11.9 Å². The number of benzene rings is 1. The molecule has 0 heterocycles. The van der Waals surface area contributed by atoms with Crippen molar-refractivity contribution < 1.29 is 43.1 Å². The van der Waals surface area contributed by atoms with E-state index in [0.29, 0.717) is 58.6 Å². The molecule has 0 saturated carbocycles. The Labute approximate surface area is 266 Å². The lowest BCUT2D eigenvalue weighted by molar-refractivity contribution is -0.0496. The van der Waals surface area contributed by atoms with Gasteiger partial charge in [0.15, 0.2) is 0 Å². The minimum absolute atomic E-state index is 0.0105. The van der Waals surface area contributed by atoms with E-state index in [-0.39, 0.29) is 17.7 Å². The molecule has 0 spiro atoms. The molecule has 0 saturated heterocycles. The van der Waals surface area contributed by atoms with E-state index < -0.39 is 18.0 Å². The van der Waals surface area contributed by atoms with Crippen LogP contribution in [0.5, 0.6) is 0 Å². The lowest BCUT2D eigenvalue weighted by atomic mass is 10.0. The molecule has 254 valence electrons. The van der Waals surface area contributed by atoms with Crippen LogP contribution in [0, 0.1) is 5.92 Å². The van der Waals surface area contributed by atoms with Gasteiger partial charge in [0.2, 0.25) is 0 Å². The number of esters is 1. The summed E-state index contributed by atoms with van der Waals surface area (Å²) in [6, 6.07) is 6.00. The number of carbonyl (C=O) groups is 2. The molecular formula is C35H60O9. The van der Waals surface area contributed by atoms with Crippen LogP contribution in [0.15, 0.2) is 24.3 Å². The molecule has 44 heavy (non-hydrogen) atoms. The zero-order chi connectivity index (χ0) is 32.1. The quantitative estimate of drug-likeness (QED) is 0.0670. The van der Waals surface area contributed by atoms with Crippen LogP contribution >= 0.6 is 0 Å². The predicted molar refractivity (Wildman–Crippen MR) is 173 cm³/mol. The molecule has 1 aromatic carbocycles. The average Bonchev–Trinajstić information content (AvgIpc) is 3.03. The van der Waals surface area contributed by atoms with Crippen LogP contribution in [0.4, 0.5) is 0 Å². The molecule has 9 nitrogen and oxygen atoms in total. The van der Waals surface area contributed by atoms with E-state index in [1.807, 2.05) is 0 Å². The molecule has 1 rings (SSSR count). The van der Waals surface area contributed by atoms with E-state index in [4.69, 9.17) is 28.4 Å². The van der Waals surface area contributed by atoms with Gasteiger partial charge < -0.3 is 33.5 Å². The van der Waals surface area contributed by atoms with Crippen LogP contribution in [0.2, 0.25) is 0 Å². The molecule has 2 unspecified atom stereocenters. The van der Waals surface area contributed by atoms with Crippen molar-refractivity contribution in [2.45, 2.75) is 104 Å². The summed E-state index contributed by atoms with van der Waals surface area (Å²) in [5.41, 5.74) is -0.0859. The van der Waals surface area contributed by atoms with Gasteiger partial charge in [-0.15, -0.1) is 0 Å². The second kappa shape index (κ2) is 28.4. The number of ether oxygens (including phenoxy) is 6. The maximum absolute atomic E-state index is 12.6. The molecule has 0 aliphatic carbocycles. The molecule has 0 aromatic heterocycles. The number of carboxylic acids is 1. The van der Waals surface area contributed by atoms with Crippen molar-refractivity contribution in [1.82, 2.24) is 0 Å². The Morgan fingerprint density at radius 1 is 0.636 bits per heavy atom. The van der Waals surface area contributed by atoms with Crippen LogP contribution in [0.1, 0.15) is 119 Å². The Balaban J connectivity index is 2.34. The van der Waals surface area contributed by atoms with E-state index in [9.17, 15) is 14.7 Å². The van der Waals surface area contributed by atoms with Crippen LogP contribution in [-0.4, -0.2) is 89.2 Å². The summed E-state index contributed by atoms with van der Waals surface area (Å²) >= 11 is 0. The van der Waals surface area contributed by atoms with E-state index in [0.717, 1.165) is 26.1 Å². The Hall–Kier alpha value is -2.04. The van der Waals surface area contributed by atoms with E-state index >= 15 is 0 Å². The van der Waals surface area contributed by atoms with Gasteiger partial charge in [0.1, 0.15) is 6.61 Å². The fraction of sp³-hybridized carbons (Fsp3) is 0.771. The first-order chi connectivity index (χ1) is 21.5. The molecule has 0 amide bonds. The third kappa shape index (κ3) is 20.8. The highest BCUT2D eigenvalue weighted by Gasteiger charge is 2.19. The third-order valence-electron chi connectivity index (χ3n) is 7.48. The molecule has 0 radical (unpaired) electrons. The van der Waals surface area contributed by atoms with E-state index in [1.165, 1.54) is 69.9 Å². The zero-order valence-corrected chi connectivity index (χ0v) is 27.7. The number of carboxylic acid groups (broad SMARTS) is 1. The minimum atomic E-state index is -1.18. The summed E-state index contributed by atoms with van der Waals surface area (Å²) in [7, 11) is 0. The molecule has 0 bridgehead atoms. The highest BCUT2D eigenvalue weighted by atomic mass is 16.6. The minimum Gasteiger partial charge on any atom is -0.478 e. The largest absolute Gasteiger partial charge is 0.478 e. The monoisotopic (exact) mass is 624 g/mol. The number of carbonyl (C=O) groups excluding carboxylic acids is 1. The first-order valence-electron chi connectivity index (χ1n) is 16.9. The van der Waals surface area contributed by atoms with Gasteiger partial charge in [0, 0.05) is 26.2 Å². The Kier molecular flexibility index (Phi) is 25.8. The molecule has 2 atom stereocenters. The van der Waals surface area contributed by atoms with Crippen molar-refractivity contribution in [2.75, 3.05) is 66.1 Å². The van der Waals surface area contributed by atoms with Gasteiger partial charge in [0.05, 0.1) is 56.9 Å². The molecular weight excluding hydrogens is 564 g/mol. The standard InChI is InChI=1S/C35H60O9/c1-4-7-9-10-11-12-15-20-39-22-23-41-26-27-43-31(19-21-40-24-25-42-28-30(6-3)16-8-5-2)29-44-35(38)33-18-14-13-17-32(33)34(36)37/h13-14,17-18,30-31H,4-12,15-16,19-29H2,1-3H3,(H,36,37). The van der Waals surface area contributed by atoms with Gasteiger partial charge in [-0.3, -0.25) is 0 Å². The van der Waals surface area contributed by atoms with Crippen molar-refractivity contribution in [3.63, 3.8) is 0 Å². The average molecular weight is 625 g/mol. The van der Waals surface area contributed by atoms with Crippen molar-refractivity contribution >= 4 is 11.9 Å². The molecule has 1 N–H and O–H groups in total. The summed E-state index contributed by atoms with van der Waals surface area (Å²) in [6.45, 7) is 11.3. The van der Waals surface area contributed by atoms with E-state index in [1.54, 1.807) is 12.1 Å². The fourth-order valence-electron chi connectivity index (χ4n) is 4.65. The fourth-order valence-corrected chi connectivity index (χ4v) is 4.65. The summed E-state index contributed by atoms with van der Waals surface area (Å²) in [5.74, 6) is -1.29. The van der Waals surface area contributed by atoms with E-state index in [2.05, 4.69) is 20.8 Å². The number of hydrogen-bond acceptors (Lipinski definition) is 8. The van der Waals surface area contributed by atoms with Crippen LogP contribution in [-0.2, 0) is 28.4 Å². The summed E-state index contributed by atoms with van der Waals surface area (Å²) in [4.78, 5) is 24.1. The molecule has 0 aliphatic rings. The van der Waals surface area contributed by atoms with Crippen molar-refractivity contribution in [3.05, 3.63) is 35.4 Å². The second-order valence-electron chi connectivity index (χ2n) is 11.2. The highest BCUT2D eigenvalue weighted by molar-refractivity contribution is 6.02. The highest BCUT2D eigenvalue weighted by Crippen LogP contribution is 2.14. The van der Waals surface area contributed by atoms with Crippen molar-refractivity contribution in [2.24, 2.45) is 5.92 Å². The van der Waals surface area contributed by atoms with Gasteiger partial charge in [-0.2, -0.15) is 0 Å². The molecule has 9 heteroatoms. The Morgan fingerprint density at radius 2 is 1.23 bits per heavy atom. The second-order valence-corrected chi connectivity index (χ2v) is 11.2. The van der Waals surface area contributed by atoms with Crippen molar-refractivity contribution in [1.29, 1.82) is 0 Å². The normalized spacial score (nSPS) is 12.7. The maximum atomic E-state index is 12.6. The first kappa shape index (κ1) is 40.0. The van der Waals surface area contributed by atoms with Gasteiger partial charge in [-0.25, -0.2) is 9.59 Å². The first-order valence-corrected chi connectivity index (χ1v) is 16.9. The molecule has 1 aromatic rings. The number of hydrogen-bond donors (Lipinski definition) is 1. The van der Waals surface area contributed by atoms with Gasteiger partial charge in [0.25, 0.3) is 0 Å². The zero-order valence-electron chi connectivity index (χ0n) is 27.7. The van der Waals surface area contributed by atoms with Crippen LogP contribution < -0.4 is 0 Å². The van der Waals surface area contributed by atoms with Gasteiger partial charge in [-0.05, 0) is 30.9 Å². The molecule has 0 aliphatic heterocycles. The van der Waals surface area contributed by atoms with Crippen LogP contribution in [0.3, 0.4) is 0 Å². The summed E-state index contributed by atoms with van der Waals surface area (Å²) in [5, 5.41) is 9.39. The maximum Gasteiger partial charge on any atom is 0.339 e. The molecule has 0 fully saturated rings. The lowest BCUT2D eigenvalue weighted by Crippen LogP contribution is -2.26. The summed E-state index contributed by atoms with van der Waals surface area (Å²) < 4.78 is 34.3. The van der Waals surface area contributed by atoms with Crippen molar-refractivity contribution in [3.8, 4) is 0 Å². The number of rotatable bonds is 31.